The first-order chi connectivity index (χ1) is 34.3. The highest BCUT2D eigenvalue weighted by Crippen LogP contribution is 2.49. The summed E-state index contributed by atoms with van der Waals surface area (Å²) in [6, 6.07) is 99.2. The number of hydrogen-bond donors (Lipinski definition) is 0. The zero-order valence-electron chi connectivity index (χ0n) is 37.8. The maximum Gasteiger partial charge on any atom is 0.0619 e. The summed E-state index contributed by atoms with van der Waals surface area (Å²) in [5, 5.41) is 4.88. The lowest BCUT2D eigenvalue weighted by molar-refractivity contribution is 1.18. The molecule has 0 fully saturated rings. The lowest BCUT2D eigenvalue weighted by Crippen LogP contribution is -2.12. The Morgan fingerprint density at radius 2 is 0.710 bits per heavy atom. The molecule has 0 aliphatic carbocycles. The van der Waals surface area contributed by atoms with Crippen LogP contribution in [0.2, 0.25) is 0 Å². The summed E-state index contributed by atoms with van der Waals surface area (Å²) in [4.78, 5) is 2.48. The molecule has 0 saturated carbocycles. The molecule has 0 spiro atoms. The number of para-hydroxylation sites is 5. The zero-order chi connectivity index (χ0) is 45.7. The predicted molar refractivity (Wildman–Crippen MR) is 292 cm³/mol. The van der Waals surface area contributed by atoms with Crippen LogP contribution in [0.15, 0.2) is 273 Å². The summed E-state index contributed by atoms with van der Waals surface area (Å²) in [7, 11) is 0. The molecule has 324 valence electrons. The lowest BCUT2D eigenvalue weighted by Gasteiger charge is -2.30. The van der Waals surface area contributed by atoms with Gasteiger partial charge in [0.15, 0.2) is 0 Å². The van der Waals surface area contributed by atoms with Crippen molar-refractivity contribution >= 4 is 60.7 Å². The molecule has 11 aromatic carbocycles. The second-order valence-corrected chi connectivity index (χ2v) is 17.6. The minimum atomic E-state index is 1.06. The number of nitrogens with zero attached hydrogens (tertiary/aromatic N) is 3. The van der Waals surface area contributed by atoms with E-state index in [4.69, 9.17) is 0 Å². The van der Waals surface area contributed by atoms with Crippen LogP contribution in [0.25, 0.3) is 99.5 Å². The predicted octanol–water partition coefficient (Wildman–Crippen LogP) is 18.0. The third-order valence-corrected chi connectivity index (χ3v) is 13.7. The molecule has 0 radical (unpaired) electrons. The molecule has 0 aliphatic heterocycles. The van der Waals surface area contributed by atoms with E-state index in [0.29, 0.717) is 0 Å². The van der Waals surface area contributed by atoms with Crippen molar-refractivity contribution in [1.29, 1.82) is 0 Å². The highest BCUT2D eigenvalue weighted by molar-refractivity contribution is 6.14. The van der Waals surface area contributed by atoms with Crippen molar-refractivity contribution in [3.8, 4) is 55.9 Å². The fourth-order valence-electron chi connectivity index (χ4n) is 10.7. The van der Waals surface area contributed by atoms with Gasteiger partial charge in [0.2, 0.25) is 0 Å². The van der Waals surface area contributed by atoms with Crippen molar-refractivity contribution in [3.63, 3.8) is 0 Å². The van der Waals surface area contributed by atoms with Crippen LogP contribution in [-0.2, 0) is 0 Å². The van der Waals surface area contributed by atoms with Crippen LogP contribution in [0.4, 0.5) is 17.1 Å². The molecule has 2 heterocycles. The van der Waals surface area contributed by atoms with Crippen LogP contribution in [0.3, 0.4) is 0 Å². The molecule has 13 rings (SSSR count). The molecule has 0 N–H and O–H groups in total. The smallest absolute Gasteiger partial charge is 0.0619 e. The van der Waals surface area contributed by atoms with Gasteiger partial charge in [0.25, 0.3) is 0 Å². The van der Waals surface area contributed by atoms with Crippen molar-refractivity contribution in [3.05, 3.63) is 273 Å². The van der Waals surface area contributed by atoms with E-state index in [1.807, 2.05) is 0 Å². The van der Waals surface area contributed by atoms with Crippen molar-refractivity contribution in [2.24, 2.45) is 0 Å². The first-order valence-corrected chi connectivity index (χ1v) is 23.7. The van der Waals surface area contributed by atoms with Gasteiger partial charge in [0.05, 0.1) is 27.8 Å². The van der Waals surface area contributed by atoms with E-state index in [0.717, 1.165) is 50.6 Å². The van der Waals surface area contributed by atoms with Gasteiger partial charge in [-0.1, -0.05) is 200 Å². The summed E-state index contributed by atoms with van der Waals surface area (Å²) in [6.45, 7) is 0. The Hall–Kier alpha value is -9.18. The molecule has 0 aliphatic rings. The molecule has 69 heavy (non-hydrogen) atoms. The quantitative estimate of drug-likeness (QED) is 0.141. The average molecular weight is 880 g/mol. The normalized spacial score (nSPS) is 11.5. The number of aromatic nitrogens is 2. The minimum Gasteiger partial charge on any atom is -0.310 e. The largest absolute Gasteiger partial charge is 0.310 e. The summed E-state index contributed by atoms with van der Waals surface area (Å²) in [5.41, 5.74) is 19.6. The van der Waals surface area contributed by atoms with Crippen molar-refractivity contribution in [2.75, 3.05) is 4.90 Å². The van der Waals surface area contributed by atoms with Gasteiger partial charge in [0.1, 0.15) is 0 Å². The van der Waals surface area contributed by atoms with Crippen molar-refractivity contribution < 1.29 is 0 Å². The van der Waals surface area contributed by atoms with Gasteiger partial charge in [-0.05, 0) is 106 Å². The van der Waals surface area contributed by atoms with E-state index in [1.165, 1.54) is 65.9 Å². The summed E-state index contributed by atoms with van der Waals surface area (Å²) in [6.07, 6.45) is 0. The fourth-order valence-corrected chi connectivity index (χ4v) is 10.7. The SMILES string of the molecule is c1ccc(-c2ccccc2-c2c(-c3ccccc3)cccc2N(c2ccc(-c3cccc4c5ccccc5n(-c5ccccc5)c34)cc2)c2ccc3c(c2)c2ccccc2n3-c2ccccc2)cc1. The minimum absolute atomic E-state index is 1.06. The Bertz CT molecular complexity index is 3980. The molecule has 0 atom stereocenters. The Morgan fingerprint density at radius 1 is 0.261 bits per heavy atom. The van der Waals surface area contributed by atoms with Crippen LogP contribution in [-0.4, -0.2) is 9.13 Å². The molecular weight excluding hydrogens is 835 g/mol. The maximum atomic E-state index is 2.48. The third kappa shape index (κ3) is 6.82. The van der Waals surface area contributed by atoms with E-state index in [2.05, 4.69) is 287 Å². The molecule has 3 heteroatoms. The summed E-state index contributed by atoms with van der Waals surface area (Å²) < 4.78 is 4.81. The molecule has 0 unspecified atom stereocenters. The fraction of sp³-hybridized carbons (Fsp3) is 0. The topological polar surface area (TPSA) is 13.1 Å². The van der Waals surface area contributed by atoms with E-state index in [9.17, 15) is 0 Å². The van der Waals surface area contributed by atoms with Crippen LogP contribution in [0.1, 0.15) is 0 Å². The van der Waals surface area contributed by atoms with Gasteiger partial charge in [-0.2, -0.15) is 0 Å². The molecule has 0 saturated heterocycles. The molecule has 2 aromatic heterocycles. The van der Waals surface area contributed by atoms with Gasteiger partial charge in [-0.25, -0.2) is 0 Å². The van der Waals surface area contributed by atoms with Crippen LogP contribution < -0.4 is 4.90 Å². The number of anilines is 3. The van der Waals surface area contributed by atoms with E-state index in [1.54, 1.807) is 0 Å². The average Bonchev–Trinajstić information content (AvgIpc) is 3.95. The second-order valence-electron chi connectivity index (χ2n) is 17.6. The van der Waals surface area contributed by atoms with E-state index < -0.39 is 0 Å². The molecule has 0 amide bonds. The second kappa shape index (κ2) is 16.9. The maximum absolute atomic E-state index is 2.48. The van der Waals surface area contributed by atoms with Gasteiger partial charge in [-0.15, -0.1) is 0 Å². The molecule has 3 nitrogen and oxygen atoms in total. The van der Waals surface area contributed by atoms with Crippen molar-refractivity contribution in [1.82, 2.24) is 9.13 Å². The molecule has 13 aromatic rings. The number of rotatable bonds is 9. The van der Waals surface area contributed by atoms with Gasteiger partial charge < -0.3 is 14.0 Å². The third-order valence-electron chi connectivity index (χ3n) is 13.7. The number of hydrogen-bond acceptors (Lipinski definition) is 1. The lowest BCUT2D eigenvalue weighted by atomic mass is 9.87. The number of benzene rings is 11. The van der Waals surface area contributed by atoms with Crippen LogP contribution >= 0.6 is 0 Å². The standard InChI is InChI=1S/C66H45N3/c1-5-21-46(22-6-1)53-29-13-14-32-58(53)65-54(47-23-7-2-8-24-47)33-20-38-64(65)67(52-43-44-63-60(45-52)57-31-16-17-36-61(57)68(63)49-25-9-3-10-26-49)51-41-39-48(40-42-51)55-34-19-35-59-56-30-15-18-37-62(56)69(66(55)59)50-27-11-4-12-28-50/h1-45H. The van der Waals surface area contributed by atoms with Gasteiger partial charge >= 0.3 is 0 Å². The monoisotopic (exact) mass is 879 g/mol. The Kier molecular flexibility index (Phi) is 9.84. The summed E-state index contributed by atoms with van der Waals surface area (Å²) >= 11 is 0. The first kappa shape index (κ1) is 40.1. The molecular formula is C66H45N3. The highest BCUT2D eigenvalue weighted by atomic mass is 15.1. The zero-order valence-corrected chi connectivity index (χ0v) is 37.8. The van der Waals surface area contributed by atoms with E-state index in [-0.39, 0.29) is 0 Å². The Balaban J connectivity index is 1.07. The Labute approximate surface area is 401 Å². The highest BCUT2D eigenvalue weighted by Gasteiger charge is 2.25. The van der Waals surface area contributed by atoms with Crippen LogP contribution in [0.5, 0.6) is 0 Å². The van der Waals surface area contributed by atoms with E-state index >= 15 is 0 Å². The molecule has 0 bridgehead atoms. The van der Waals surface area contributed by atoms with Crippen LogP contribution in [0, 0.1) is 0 Å². The first-order valence-electron chi connectivity index (χ1n) is 23.7. The van der Waals surface area contributed by atoms with Crippen molar-refractivity contribution in [2.45, 2.75) is 0 Å². The van der Waals surface area contributed by atoms with Gasteiger partial charge in [0, 0.05) is 55.4 Å². The van der Waals surface area contributed by atoms with Gasteiger partial charge in [-0.3, -0.25) is 0 Å². The summed E-state index contributed by atoms with van der Waals surface area (Å²) in [5.74, 6) is 0. The number of fused-ring (bicyclic) bond motifs is 6. The Morgan fingerprint density at radius 3 is 1.39 bits per heavy atom.